The second-order valence-corrected chi connectivity index (χ2v) is 11.5. The van der Waals surface area contributed by atoms with Crippen molar-refractivity contribution in [2.24, 2.45) is 0 Å². The molecule has 222 valence electrons. The van der Waals surface area contributed by atoms with Gasteiger partial charge < -0.3 is 20.3 Å². The van der Waals surface area contributed by atoms with E-state index in [0.717, 1.165) is 36.5 Å². The first-order valence-electron chi connectivity index (χ1n) is 14.7. The van der Waals surface area contributed by atoms with Crippen LogP contribution in [0, 0.1) is 12.3 Å². The standard InChI is InChI=1S/C35H43N3O4/c1-7-9-10-11-16-23-38(33(40)25(3)36-34(41)42-35(4,5)6)31(30-20-15-14-17-26(30)8-2)32(39)37-29-22-21-27-18-12-13-19-28(27)24-29/h2,12-15,17-22,24-25,31H,7,9-11,16,23H2,1,3-6H3,(H,36,41)(H,37,39). The van der Waals surface area contributed by atoms with E-state index in [-0.39, 0.29) is 5.91 Å². The fraction of sp³-hybridized carbons (Fsp3) is 0.400. The molecule has 0 aliphatic rings. The molecule has 3 aromatic rings. The van der Waals surface area contributed by atoms with E-state index in [2.05, 4.69) is 23.5 Å². The molecule has 2 unspecified atom stereocenters. The molecule has 2 N–H and O–H groups in total. The number of hydrogen-bond donors (Lipinski definition) is 2. The first-order valence-corrected chi connectivity index (χ1v) is 14.7. The summed E-state index contributed by atoms with van der Waals surface area (Å²) in [7, 11) is 0. The first kappa shape index (κ1) is 32.2. The Morgan fingerprint density at radius 1 is 0.929 bits per heavy atom. The largest absolute Gasteiger partial charge is 0.444 e. The summed E-state index contributed by atoms with van der Waals surface area (Å²) >= 11 is 0. The Labute approximate surface area is 250 Å². The number of amides is 3. The maximum absolute atomic E-state index is 14.1. The zero-order valence-electron chi connectivity index (χ0n) is 25.4. The van der Waals surface area contributed by atoms with E-state index in [0.29, 0.717) is 29.8 Å². The Balaban J connectivity index is 1.99. The van der Waals surface area contributed by atoms with Crippen molar-refractivity contribution in [1.29, 1.82) is 0 Å². The van der Waals surface area contributed by atoms with Crippen LogP contribution in [-0.4, -0.2) is 41.0 Å². The lowest BCUT2D eigenvalue weighted by atomic mass is 9.97. The van der Waals surface area contributed by atoms with E-state index in [1.165, 1.54) is 0 Å². The van der Waals surface area contributed by atoms with Crippen LogP contribution in [0.2, 0.25) is 0 Å². The molecule has 0 saturated carbocycles. The number of carbonyl (C=O) groups is 3. The fourth-order valence-electron chi connectivity index (χ4n) is 4.84. The molecule has 0 heterocycles. The highest BCUT2D eigenvalue weighted by molar-refractivity contribution is 6.00. The highest BCUT2D eigenvalue weighted by Gasteiger charge is 2.35. The lowest BCUT2D eigenvalue weighted by Gasteiger charge is -2.34. The number of nitrogens with one attached hydrogen (secondary N) is 2. The summed E-state index contributed by atoms with van der Waals surface area (Å²) < 4.78 is 5.38. The van der Waals surface area contributed by atoms with Crippen molar-refractivity contribution in [3.63, 3.8) is 0 Å². The summed E-state index contributed by atoms with van der Waals surface area (Å²) in [5, 5.41) is 7.71. The minimum atomic E-state index is -1.02. The third kappa shape index (κ3) is 9.10. The van der Waals surface area contributed by atoms with Gasteiger partial charge in [-0.1, -0.05) is 87.1 Å². The van der Waals surface area contributed by atoms with Gasteiger partial charge in [-0.05, 0) is 68.7 Å². The molecule has 3 amide bonds. The molecule has 0 aliphatic carbocycles. The lowest BCUT2D eigenvalue weighted by molar-refractivity contribution is -0.140. The monoisotopic (exact) mass is 569 g/mol. The van der Waals surface area contributed by atoms with Gasteiger partial charge in [0.15, 0.2) is 0 Å². The van der Waals surface area contributed by atoms with Crippen LogP contribution in [-0.2, 0) is 14.3 Å². The maximum atomic E-state index is 14.1. The van der Waals surface area contributed by atoms with Gasteiger partial charge in [-0.3, -0.25) is 9.59 Å². The number of carbonyl (C=O) groups excluding carboxylic acids is 3. The van der Waals surface area contributed by atoms with Crippen LogP contribution in [0.4, 0.5) is 10.5 Å². The maximum Gasteiger partial charge on any atom is 0.408 e. The number of anilines is 1. The van der Waals surface area contributed by atoms with Crippen LogP contribution >= 0.6 is 0 Å². The first-order chi connectivity index (χ1) is 20.0. The molecule has 0 spiro atoms. The van der Waals surface area contributed by atoms with Crippen molar-refractivity contribution < 1.29 is 19.1 Å². The quantitative estimate of drug-likeness (QED) is 0.178. The van der Waals surface area contributed by atoms with E-state index in [1.807, 2.05) is 42.5 Å². The molecule has 7 nitrogen and oxygen atoms in total. The van der Waals surface area contributed by atoms with Gasteiger partial charge in [0, 0.05) is 17.8 Å². The number of rotatable bonds is 12. The normalized spacial score (nSPS) is 12.6. The van der Waals surface area contributed by atoms with Crippen LogP contribution in [0.1, 0.15) is 83.9 Å². The van der Waals surface area contributed by atoms with Crippen LogP contribution in [0.3, 0.4) is 0 Å². The van der Waals surface area contributed by atoms with E-state index >= 15 is 0 Å². The zero-order valence-corrected chi connectivity index (χ0v) is 25.4. The molecule has 0 aromatic heterocycles. The van der Waals surface area contributed by atoms with Gasteiger partial charge >= 0.3 is 6.09 Å². The topological polar surface area (TPSA) is 87.7 Å². The summed E-state index contributed by atoms with van der Waals surface area (Å²) in [6.07, 6.45) is 9.97. The molecule has 7 heteroatoms. The van der Waals surface area contributed by atoms with Crippen LogP contribution in [0.5, 0.6) is 0 Å². The van der Waals surface area contributed by atoms with Gasteiger partial charge in [0.05, 0.1) is 0 Å². The highest BCUT2D eigenvalue weighted by Crippen LogP contribution is 2.28. The number of fused-ring (bicyclic) bond motifs is 1. The Kier molecular flexibility index (Phi) is 11.6. The molecular formula is C35H43N3O4. The molecule has 42 heavy (non-hydrogen) atoms. The summed E-state index contributed by atoms with van der Waals surface area (Å²) in [6, 6.07) is 18.8. The van der Waals surface area contributed by atoms with Gasteiger partial charge in [-0.15, -0.1) is 6.42 Å². The Bertz CT molecular complexity index is 1420. The van der Waals surface area contributed by atoms with Crippen molar-refractivity contribution in [3.05, 3.63) is 77.9 Å². The summed E-state index contributed by atoms with van der Waals surface area (Å²) in [6.45, 7) is 9.33. The third-order valence-electron chi connectivity index (χ3n) is 6.88. The Morgan fingerprint density at radius 3 is 2.29 bits per heavy atom. The van der Waals surface area contributed by atoms with E-state index in [9.17, 15) is 14.4 Å². The predicted molar refractivity (Wildman–Crippen MR) is 169 cm³/mol. The zero-order chi connectivity index (χ0) is 30.7. The van der Waals surface area contributed by atoms with Gasteiger partial charge in [0.2, 0.25) is 5.91 Å². The van der Waals surface area contributed by atoms with Crippen molar-refractivity contribution in [2.45, 2.75) is 84.4 Å². The van der Waals surface area contributed by atoms with Crippen molar-refractivity contribution in [2.75, 3.05) is 11.9 Å². The second kappa shape index (κ2) is 15.1. The molecular weight excluding hydrogens is 526 g/mol. The van der Waals surface area contributed by atoms with Crippen molar-refractivity contribution in [3.8, 4) is 12.3 Å². The molecule has 0 fully saturated rings. The number of benzene rings is 3. The minimum Gasteiger partial charge on any atom is -0.444 e. The van der Waals surface area contributed by atoms with E-state index in [4.69, 9.17) is 11.2 Å². The molecule has 3 aromatic carbocycles. The van der Waals surface area contributed by atoms with Crippen molar-refractivity contribution in [1.82, 2.24) is 10.2 Å². The number of alkyl carbamates (subject to hydrolysis) is 1. The van der Waals surface area contributed by atoms with Gasteiger partial charge in [0.25, 0.3) is 5.91 Å². The van der Waals surface area contributed by atoms with Crippen LogP contribution in [0.15, 0.2) is 66.7 Å². The number of nitrogens with zero attached hydrogens (tertiary/aromatic N) is 1. The highest BCUT2D eigenvalue weighted by atomic mass is 16.6. The lowest BCUT2D eigenvalue weighted by Crippen LogP contribution is -2.51. The average molecular weight is 570 g/mol. The predicted octanol–water partition coefficient (Wildman–Crippen LogP) is 7.21. The van der Waals surface area contributed by atoms with Gasteiger partial charge in [-0.25, -0.2) is 4.79 Å². The van der Waals surface area contributed by atoms with Crippen LogP contribution in [0.25, 0.3) is 10.8 Å². The third-order valence-corrected chi connectivity index (χ3v) is 6.88. The number of unbranched alkanes of at least 4 members (excludes halogenated alkanes) is 4. The molecule has 0 bridgehead atoms. The van der Waals surface area contributed by atoms with E-state index < -0.39 is 29.7 Å². The number of terminal acetylenes is 1. The molecule has 0 aliphatic heterocycles. The van der Waals surface area contributed by atoms with Crippen LogP contribution < -0.4 is 10.6 Å². The Hall–Kier alpha value is -4.31. The fourth-order valence-corrected chi connectivity index (χ4v) is 4.84. The Morgan fingerprint density at radius 2 is 1.60 bits per heavy atom. The molecule has 0 radical (unpaired) electrons. The number of hydrogen-bond acceptors (Lipinski definition) is 4. The summed E-state index contributed by atoms with van der Waals surface area (Å²) in [4.78, 5) is 42.3. The van der Waals surface area contributed by atoms with Crippen molar-refractivity contribution >= 4 is 34.4 Å². The summed E-state index contributed by atoms with van der Waals surface area (Å²) in [5.41, 5.74) is 0.953. The number of ether oxygens (including phenoxy) is 1. The van der Waals surface area contributed by atoms with Gasteiger partial charge in [0.1, 0.15) is 17.7 Å². The second-order valence-electron chi connectivity index (χ2n) is 11.5. The molecule has 3 rings (SSSR count). The minimum absolute atomic E-state index is 0.317. The smallest absolute Gasteiger partial charge is 0.408 e. The molecule has 0 saturated heterocycles. The molecule has 2 atom stereocenters. The SMILES string of the molecule is C#Cc1ccccc1C(C(=O)Nc1ccc2ccccc2c1)N(CCCCCCC)C(=O)C(C)NC(=O)OC(C)(C)C. The summed E-state index contributed by atoms with van der Waals surface area (Å²) in [5.74, 6) is 1.89. The van der Waals surface area contributed by atoms with Gasteiger partial charge in [-0.2, -0.15) is 0 Å². The van der Waals surface area contributed by atoms with E-state index in [1.54, 1.807) is 56.9 Å². The average Bonchev–Trinajstić information content (AvgIpc) is 2.95.